The van der Waals surface area contributed by atoms with E-state index < -0.39 is 35.3 Å². The summed E-state index contributed by atoms with van der Waals surface area (Å²) in [6.07, 6.45) is 0. The third-order valence-electron chi connectivity index (χ3n) is 5.56. The number of aliphatic hydroxyl groups excluding tert-OH is 1. The summed E-state index contributed by atoms with van der Waals surface area (Å²) in [6, 6.07) is 5.55. The second kappa shape index (κ2) is 8.05. The van der Waals surface area contributed by atoms with Crippen LogP contribution in [0, 0.1) is 26.6 Å². The molecule has 3 heterocycles. The molecule has 1 saturated heterocycles. The molecule has 10 heteroatoms. The number of aryl methyl sites for hydroxylation is 2. The van der Waals surface area contributed by atoms with E-state index in [4.69, 9.17) is 9.26 Å². The standard InChI is InChI=1S/C23H20FN3O6/c1-10-9-15(26-33-10)27-19(13-5-7-14(24)8-6-13)17(21(29)22(27)30)20(28)18-11(2)16(12(3)25-18)23(31)32-4/h5-9,19,25,28H,1-4H3/b20-17+. The van der Waals surface area contributed by atoms with Crippen molar-refractivity contribution in [2.45, 2.75) is 26.8 Å². The monoisotopic (exact) mass is 453 g/mol. The molecule has 1 aromatic carbocycles. The molecule has 170 valence electrons. The molecule has 0 saturated carbocycles. The topological polar surface area (TPSA) is 126 Å². The number of nitrogens with one attached hydrogen (secondary N) is 1. The molecule has 1 aliphatic rings. The SMILES string of the molecule is COC(=O)c1c(C)[nH]c(/C(O)=C2\C(=O)C(=O)N(c3cc(C)on3)C2c2ccc(F)cc2)c1C. The summed E-state index contributed by atoms with van der Waals surface area (Å²) in [7, 11) is 1.23. The lowest BCUT2D eigenvalue weighted by Gasteiger charge is -2.22. The van der Waals surface area contributed by atoms with Gasteiger partial charge in [0.25, 0.3) is 5.78 Å². The molecule has 2 aromatic heterocycles. The molecule has 33 heavy (non-hydrogen) atoms. The van der Waals surface area contributed by atoms with Gasteiger partial charge in [0.05, 0.1) is 30.0 Å². The van der Waals surface area contributed by atoms with Crippen LogP contribution in [0.25, 0.3) is 5.76 Å². The van der Waals surface area contributed by atoms with Crippen molar-refractivity contribution in [1.82, 2.24) is 10.1 Å². The largest absolute Gasteiger partial charge is 0.505 e. The van der Waals surface area contributed by atoms with E-state index in [0.717, 1.165) is 4.90 Å². The van der Waals surface area contributed by atoms with E-state index in [-0.39, 0.29) is 22.6 Å². The fourth-order valence-electron chi connectivity index (χ4n) is 4.03. The zero-order valence-corrected chi connectivity index (χ0v) is 18.2. The number of amides is 1. The van der Waals surface area contributed by atoms with Gasteiger partial charge in [-0.2, -0.15) is 0 Å². The minimum Gasteiger partial charge on any atom is -0.505 e. The van der Waals surface area contributed by atoms with Crippen LogP contribution in [0.4, 0.5) is 10.2 Å². The van der Waals surface area contributed by atoms with Gasteiger partial charge < -0.3 is 19.4 Å². The zero-order chi connectivity index (χ0) is 24.0. The molecule has 1 unspecified atom stereocenters. The van der Waals surface area contributed by atoms with E-state index in [1.807, 2.05) is 0 Å². The number of H-pyrrole nitrogens is 1. The van der Waals surface area contributed by atoms with Gasteiger partial charge in [-0.15, -0.1) is 0 Å². The molecule has 0 spiro atoms. The van der Waals surface area contributed by atoms with Crippen molar-refractivity contribution in [2.24, 2.45) is 0 Å². The summed E-state index contributed by atoms with van der Waals surface area (Å²) >= 11 is 0. The fourth-order valence-corrected chi connectivity index (χ4v) is 4.03. The number of aromatic nitrogens is 2. The molecular formula is C23H20FN3O6. The van der Waals surface area contributed by atoms with E-state index in [2.05, 4.69) is 10.1 Å². The minimum atomic E-state index is -1.11. The Bertz CT molecular complexity index is 1320. The number of benzene rings is 1. The lowest BCUT2D eigenvalue weighted by Crippen LogP contribution is -2.29. The Hall–Kier alpha value is -4.21. The Kier molecular flexibility index (Phi) is 5.36. The van der Waals surface area contributed by atoms with E-state index in [1.54, 1.807) is 20.8 Å². The number of esters is 1. The van der Waals surface area contributed by atoms with Gasteiger partial charge in [-0.3, -0.25) is 14.5 Å². The number of nitrogens with zero attached hydrogens (tertiary/aromatic N) is 2. The maximum absolute atomic E-state index is 13.6. The molecule has 3 aromatic rings. The lowest BCUT2D eigenvalue weighted by molar-refractivity contribution is -0.132. The maximum atomic E-state index is 13.6. The number of aromatic amines is 1. The third kappa shape index (κ3) is 3.49. The molecule has 1 aliphatic heterocycles. The summed E-state index contributed by atoms with van der Waals surface area (Å²) in [4.78, 5) is 42.3. The second-order valence-corrected chi connectivity index (χ2v) is 7.63. The molecule has 1 fully saturated rings. The molecule has 1 atom stereocenters. The fraction of sp³-hybridized carbons (Fsp3) is 0.217. The van der Waals surface area contributed by atoms with Crippen LogP contribution in [-0.4, -0.2) is 40.0 Å². The number of Topliss-reactive ketones (excluding diaryl/α,β-unsaturated/α-hetero) is 1. The van der Waals surface area contributed by atoms with Crippen LogP contribution in [0.3, 0.4) is 0 Å². The van der Waals surface area contributed by atoms with Crippen molar-refractivity contribution in [3.63, 3.8) is 0 Å². The van der Waals surface area contributed by atoms with Crippen molar-refractivity contribution < 1.29 is 33.1 Å². The van der Waals surface area contributed by atoms with Crippen molar-refractivity contribution in [3.8, 4) is 0 Å². The predicted molar refractivity (Wildman–Crippen MR) is 114 cm³/mol. The van der Waals surface area contributed by atoms with Crippen LogP contribution < -0.4 is 4.90 Å². The van der Waals surface area contributed by atoms with Crippen LogP contribution in [0.15, 0.2) is 40.4 Å². The number of ketones is 1. The van der Waals surface area contributed by atoms with Gasteiger partial charge in [-0.25, -0.2) is 9.18 Å². The summed E-state index contributed by atoms with van der Waals surface area (Å²) in [5.74, 6) is -3.07. The number of carbonyl (C=O) groups excluding carboxylic acids is 3. The number of carbonyl (C=O) groups is 3. The number of rotatable bonds is 4. The average Bonchev–Trinajstić information content (AvgIpc) is 3.42. The Morgan fingerprint density at radius 3 is 2.45 bits per heavy atom. The van der Waals surface area contributed by atoms with Crippen molar-refractivity contribution in [1.29, 1.82) is 0 Å². The molecule has 0 bridgehead atoms. The summed E-state index contributed by atoms with van der Waals surface area (Å²) in [5.41, 5.74) is 1.19. The van der Waals surface area contributed by atoms with Crippen molar-refractivity contribution in [2.75, 3.05) is 12.0 Å². The van der Waals surface area contributed by atoms with E-state index >= 15 is 0 Å². The first kappa shape index (κ1) is 22.0. The number of halogens is 1. The van der Waals surface area contributed by atoms with Gasteiger partial charge in [0.1, 0.15) is 17.3 Å². The van der Waals surface area contributed by atoms with Crippen LogP contribution in [0.5, 0.6) is 0 Å². The van der Waals surface area contributed by atoms with Crippen LogP contribution in [0.1, 0.15) is 44.7 Å². The van der Waals surface area contributed by atoms with Gasteiger partial charge in [0.15, 0.2) is 5.82 Å². The molecular weight excluding hydrogens is 433 g/mol. The number of aliphatic hydroxyl groups is 1. The Morgan fingerprint density at radius 2 is 1.88 bits per heavy atom. The first-order chi connectivity index (χ1) is 15.6. The highest BCUT2D eigenvalue weighted by atomic mass is 19.1. The van der Waals surface area contributed by atoms with Gasteiger partial charge in [0, 0.05) is 11.8 Å². The highest BCUT2D eigenvalue weighted by Crippen LogP contribution is 2.42. The number of hydrogen-bond donors (Lipinski definition) is 2. The highest BCUT2D eigenvalue weighted by Gasteiger charge is 2.48. The Labute approximate surface area is 187 Å². The van der Waals surface area contributed by atoms with Crippen LogP contribution in [-0.2, 0) is 14.3 Å². The predicted octanol–water partition coefficient (Wildman–Crippen LogP) is 3.48. The van der Waals surface area contributed by atoms with Gasteiger partial charge in [-0.05, 0) is 44.0 Å². The average molecular weight is 453 g/mol. The molecule has 2 N–H and O–H groups in total. The van der Waals surface area contributed by atoms with Crippen LogP contribution in [0.2, 0.25) is 0 Å². The Balaban J connectivity index is 1.96. The molecule has 0 aliphatic carbocycles. The number of hydrogen-bond acceptors (Lipinski definition) is 7. The first-order valence-corrected chi connectivity index (χ1v) is 9.93. The number of ether oxygens (including phenoxy) is 1. The smallest absolute Gasteiger partial charge is 0.339 e. The van der Waals surface area contributed by atoms with Gasteiger partial charge >= 0.3 is 11.9 Å². The number of methoxy groups -OCH3 is 1. The van der Waals surface area contributed by atoms with E-state index in [9.17, 15) is 23.9 Å². The van der Waals surface area contributed by atoms with Crippen LogP contribution >= 0.6 is 0 Å². The second-order valence-electron chi connectivity index (χ2n) is 7.63. The number of anilines is 1. The lowest BCUT2D eigenvalue weighted by atomic mass is 9.95. The first-order valence-electron chi connectivity index (χ1n) is 9.93. The minimum absolute atomic E-state index is 0.0672. The highest BCUT2D eigenvalue weighted by molar-refractivity contribution is 6.51. The van der Waals surface area contributed by atoms with E-state index in [1.165, 1.54) is 37.4 Å². The van der Waals surface area contributed by atoms with Crippen molar-refractivity contribution >= 4 is 29.2 Å². The molecule has 1 amide bonds. The molecule has 9 nitrogen and oxygen atoms in total. The summed E-state index contributed by atoms with van der Waals surface area (Å²) in [5, 5.41) is 15.1. The molecule has 4 rings (SSSR count). The molecule has 0 radical (unpaired) electrons. The summed E-state index contributed by atoms with van der Waals surface area (Å²) < 4.78 is 23.5. The summed E-state index contributed by atoms with van der Waals surface area (Å²) in [6.45, 7) is 4.82. The Morgan fingerprint density at radius 1 is 1.21 bits per heavy atom. The van der Waals surface area contributed by atoms with Gasteiger partial charge in [-0.1, -0.05) is 17.3 Å². The van der Waals surface area contributed by atoms with E-state index in [0.29, 0.717) is 22.6 Å². The third-order valence-corrected chi connectivity index (χ3v) is 5.56. The van der Waals surface area contributed by atoms with Gasteiger partial charge in [0.2, 0.25) is 0 Å². The quantitative estimate of drug-likeness (QED) is 0.268. The van der Waals surface area contributed by atoms with Crippen molar-refractivity contribution in [3.05, 3.63) is 75.6 Å². The normalized spacial score (nSPS) is 17.6. The zero-order valence-electron chi connectivity index (χ0n) is 18.2. The maximum Gasteiger partial charge on any atom is 0.339 e.